The highest BCUT2D eigenvalue weighted by molar-refractivity contribution is 7.89. The van der Waals surface area contributed by atoms with Crippen LogP contribution >= 0.6 is 11.3 Å². The summed E-state index contributed by atoms with van der Waals surface area (Å²) in [5.41, 5.74) is 6.94. The fourth-order valence-electron chi connectivity index (χ4n) is 4.56. The molecule has 1 saturated heterocycles. The first-order valence-corrected chi connectivity index (χ1v) is 13.6. The SMILES string of the molecule is CC(C)N1CCc2c(sc(NC(=O)C3CCCN(S(=O)(=O)c4ccc(F)cc4)C3)c2C(N)=O)C1. The van der Waals surface area contributed by atoms with Crippen LogP contribution in [0.25, 0.3) is 0 Å². The Morgan fingerprint density at radius 2 is 1.91 bits per heavy atom. The van der Waals surface area contributed by atoms with Crippen LogP contribution in [0.1, 0.15) is 47.5 Å². The number of halogens is 1. The quantitative estimate of drug-likeness (QED) is 0.623. The van der Waals surface area contributed by atoms with Crippen LogP contribution in [-0.4, -0.2) is 55.1 Å². The molecule has 1 aromatic carbocycles. The number of benzene rings is 1. The van der Waals surface area contributed by atoms with Gasteiger partial charge in [0.05, 0.1) is 16.4 Å². The molecule has 0 radical (unpaired) electrons. The summed E-state index contributed by atoms with van der Waals surface area (Å²) in [5, 5.41) is 3.31. The van der Waals surface area contributed by atoms with Crippen molar-refractivity contribution in [2.75, 3.05) is 25.0 Å². The van der Waals surface area contributed by atoms with Crippen molar-refractivity contribution in [3.8, 4) is 0 Å². The standard InChI is InChI=1S/C23H29FN4O4S2/c1-14(2)27-11-9-18-19(13-27)33-23(20(18)21(25)29)26-22(30)15-4-3-10-28(12-15)34(31,32)17-7-5-16(24)6-8-17/h5-8,14-15H,3-4,9-13H2,1-2H3,(H2,25,29)(H,26,30). The number of thiophene rings is 1. The van der Waals surface area contributed by atoms with Crippen molar-refractivity contribution < 1.29 is 22.4 Å². The van der Waals surface area contributed by atoms with E-state index in [0.717, 1.165) is 29.1 Å². The minimum absolute atomic E-state index is 0.00777. The molecule has 0 bridgehead atoms. The van der Waals surface area contributed by atoms with Crippen molar-refractivity contribution in [2.45, 2.75) is 50.6 Å². The minimum Gasteiger partial charge on any atom is -0.365 e. The van der Waals surface area contributed by atoms with Crippen molar-refractivity contribution in [1.29, 1.82) is 0 Å². The molecule has 1 unspecified atom stereocenters. The van der Waals surface area contributed by atoms with E-state index in [2.05, 4.69) is 24.1 Å². The number of primary amides is 1. The Hall–Kier alpha value is -2.34. The molecule has 1 aromatic heterocycles. The summed E-state index contributed by atoms with van der Waals surface area (Å²) in [6.07, 6.45) is 1.73. The van der Waals surface area contributed by atoms with Crippen LogP contribution in [0, 0.1) is 11.7 Å². The van der Waals surface area contributed by atoms with E-state index in [1.54, 1.807) is 0 Å². The monoisotopic (exact) mass is 508 g/mol. The fourth-order valence-corrected chi connectivity index (χ4v) is 7.36. The molecule has 1 fully saturated rings. The average Bonchev–Trinajstić information content (AvgIpc) is 3.16. The fraction of sp³-hybridized carbons (Fsp3) is 0.478. The number of hydrogen-bond acceptors (Lipinski definition) is 6. The highest BCUT2D eigenvalue weighted by atomic mass is 32.2. The Morgan fingerprint density at radius 1 is 1.21 bits per heavy atom. The normalized spacial score (nSPS) is 19.7. The largest absolute Gasteiger partial charge is 0.365 e. The molecule has 2 aliphatic rings. The number of nitrogens with two attached hydrogens (primary N) is 1. The molecule has 2 amide bonds. The van der Waals surface area contributed by atoms with Crippen LogP contribution in [-0.2, 0) is 27.8 Å². The third-order valence-corrected chi connectivity index (χ3v) is 9.52. The summed E-state index contributed by atoms with van der Waals surface area (Å²) >= 11 is 1.37. The summed E-state index contributed by atoms with van der Waals surface area (Å²) in [7, 11) is -3.85. The molecular weight excluding hydrogens is 479 g/mol. The van der Waals surface area contributed by atoms with Gasteiger partial charge in [0.15, 0.2) is 0 Å². The number of carbonyl (C=O) groups is 2. The second-order valence-electron chi connectivity index (χ2n) is 9.03. The maximum absolute atomic E-state index is 13.2. The van der Waals surface area contributed by atoms with E-state index in [1.165, 1.54) is 27.8 Å². The zero-order valence-corrected chi connectivity index (χ0v) is 20.8. The van der Waals surface area contributed by atoms with Crippen molar-refractivity contribution in [3.63, 3.8) is 0 Å². The van der Waals surface area contributed by atoms with E-state index >= 15 is 0 Å². The zero-order chi connectivity index (χ0) is 24.6. The van der Waals surface area contributed by atoms with Gasteiger partial charge in [-0.3, -0.25) is 14.5 Å². The maximum Gasteiger partial charge on any atom is 0.251 e. The van der Waals surface area contributed by atoms with E-state index < -0.39 is 27.7 Å². The molecule has 0 saturated carbocycles. The Balaban J connectivity index is 1.52. The lowest BCUT2D eigenvalue weighted by atomic mass is 9.98. The zero-order valence-electron chi connectivity index (χ0n) is 19.2. The summed E-state index contributed by atoms with van der Waals surface area (Å²) in [6, 6.07) is 5.02. The second kappa shape index (κ2) is 9.73. The van der Waals surface area contributed by atoms with Crippen LogP contribution in [0.5, 0.6) is 0 Å². The number of anilines is 1. The maximum atomic E-state index is 13.2. The number of nitrogens with zero attached hydrogens (tertiary/aromatic N) is 2. The first-order chi connectivity index (χ1) is 16.1. The number of carbonyl (C=O) groups excluding carboxylic acids is 2. The Kier molecular flexibility index (Phi) is 7.09. The van der Waals surface area contributed by atoms with E-state index in [1.807, 2.05) is 0 Å². The second-order valence-corrected chi connectivity index (χ2v) is 12.1. The van der Waals surface area contributed by atoms with Crippen LogP contribution < -0.4 is 11.1 Å². The molecular formula is C23H29FN4O4S2. The smallest absolute Gasteiger partial charge is 0.251 e. The Labute approximate surface area is 203 Å². The lowest BCUT2D eigenvalue weighted by molar-refractivity contribution is -0.120. The summed E-state index contributed by atoms with van der Waals surface area (Å²) < 4.78 is 40.5. The number of sulfonamides is 1. The highest BCUT2D eigenvalue weighted by Crippen LogP contribution is 2.38. The van der Waals surface area contributed by atoms with Gasteiger partial charge in [-0.05, 0) is 62.9 Å². The summed E-state index contributed by atoms with van der Waals surface area (Å²) in [5.74, 6) is -2.00. The van der Waals surface area contributed by atoms with E-state index in [9.17, 15) is 22.4 Å². The highest BCUT2D eigenvalue weighted by Gasteiger charge is 2.35. The molecule has 11 heteroatoms. The van der Waals surface area contributed by atoms with Gasteiger partial charge in [-0.1, -0.05) is 0 Å². The summed E-state index contributed by atoms with van der Waals surface area (Å²) in [6.45, 7) is 6.04. The predicted molar refractivity (Wildman–Crippen MR) is 129 cm³/mol. The van der Waals surface area contributed by atoms with Gasteiger partial charge in [0.25, 0.3) is 5.91 Å². The van der Waals surface area contributed by atoms with Crippen LogP contribution in [0.15, 0.2) is 29.2 Å². The number of fused-ring (bicyclic) bond motifs is 1. The van der Waals surface area contributed by atoms with Crippen molar-refractivity contribution in [2.24, 2.45) is 11.7 Å². The molecule has 3 N–H and O–H groups in total. The third-order valence-electron chi connectivity index (χ3n) is 6.51. The molecule has 0 aliphatic carbocycles. The molecule has 2 aromatic rings. The van der Waals surface area contributed by atoms with Crippen molar-refractivity contribution in [3.05, 3.63) is 46.1 Å². The van der Waals surface area contributed by atoms with Gasteiger partial charge in [0.2, 0.25) is 15.9 Å². The average molecular weight is 509 g/mol. The molecule has 0 spiro atoms. The van der Waals surface area contributed by atoms with E-state index in [4.69, 9.17) is 5.73 Å². The molecule has 2 aliphatic heterocycles. The topological polar surface area (TPSA) is 113 Å². The first-order valence-electron chi connectivity index (χ1n) is 11.3. The van der Waals surface area contributed by atoms with Crippen LogP contribution in [0.3, 0.4) is 0 Å². The summed E-state index contributed by atoms with van der Waals surface area (Å²) in [4.78, 5) is 28.7. The minimum atomic E-state index is -3.85. The van der Waals surface area contributed by atoms with E-state index in [-0.39, 0.29) is 23.9 Å². The molecule has 34 heavy (non-hydrogen) atoms. The molecule has 4 rings (SSSR count). The van der Waals surface area contributed by atoms with Gasteiger partial charge in [-0.25, -0.2) is 12.8 Å². The van der Waals surface area contributed by atoms with Gasteiger partial charge in [-0.15, -0.1) is 11.3 Å². The van der Waals surface area contributed by atoms with Crippen molar-refractivity contribution >= 4 is 38.2 Å². The number of hydrogen-bond donors (Lipinski definition) is 2. The number of rotatable bonds is 6. The molecule has 3 heterocycles. The van der Waals surface area contributed by atoms with Gasteiger partial charge in [-0.2, -0.15) is 4.31 Å². The van der Waals surface area contributed by atoms with Crippen molar-refractivity contribution in [1.82, 2.24) is 9.21 Å². The van der Waals surface area contributed by atoms with Gasteiger partial charge in [0.1, 0.15) is 10.8 Å². The van der Waals surface area contributed by atoms with Gasteiger partial charge in [0, 0.05) is 37.1 Å². The number of amides is 2. The Morgan fingerprint density at radius 3 is 2.56 bits per heavy atom. The van der Waals surface area contributed by atoms with Crippen LogP contribution in [0.4, 0.5) is 9.39 Å². The third kappa shape index (κ3) is 4.88. The first kappa shape index (κ1) is 24.8. The molecule has 1 atom stereocenters. The molecule has 8 nitrogen and oxygen atoms in total. The lowest BCUT2D eigenvalue weighted by Gasteiger charge is -2.31. The number of piperidine rings is 1. The lowest BCUT2D eigenvalue weighted by Crippen LogP contribution is -2.43. The van der Waals surface area contributed by atoms with Gasteiger partial charge < -0.3 is 11.1 Å². The van der Waals surface area contributed by atoms with E-state index in [0.29, 0.717) is 42.4 Å². The van der Waals surface area contributed by atoms with Crippen LogP contribution in [0.2, 0.25) is 0 Å². The predicted octanol–water partition coefficient (Wildman–Crippen LogP) is 2.79. The van der Waals surface area contributed by atoms with Gasteiger partial charge >= 0.3 is 0 Å². The Bertz CT molecular complexity index is 1190. The molecule has 184 valence electrons. The number of nitrogens with one attached hydrogen (secondary N) is 1.